The SMILES string of the molecule is [2H]C(c1ccccc1)C([2H])c1ccc(N(C)C)cc1. The zero-order chi connectivity index (χ0) is 13.8. The van der Waals surface area contributed by atoms with Crippen molar-refractivity contribution in [3.05, 3.63) is 65.7 Å². The molecule has 0 aromatic heterocycles. The van der Waals surface area contributed by atoms with Crippen LogP contribution in [0.5, 0.6) is 0 Å². The van der Waals surface area contributed by atoms with Gasteiger partial charge in [0, 0.05) is 22.5 Å². The fourth-order valence-corrected chi connectivity index (χ4v) is 1.64. The number of hydrogen-bond acceptors (Lipinski definition) is 1. The molecule has 0 radical (unpaired) electrons. The molecule has 17 heavy (non-hydrogen) atoms. The first-order valence-corrected chi connectivity index (χ1v) is 5.76. The van der Waals surface area contributed by atoms with Gasteiger partial charge in [-0.3, -0.25) is 0 Å². The lowest BCUT2D eigenvalue weighted by atomic mass is 10.0. The summed E-state index contributed by atoms with van der Waals surface area (Å²) in [6.45, 7) is 0. The highest BCUT2D eigenvalue weighted by Gasteiger charge is 1.97. The van der Waals surface area contributed by atoms with E-state index in [0.29, 0.717) is 0 Å². The Bertz CT molecular complexity index is 508. The second kappa shape index (κ2) is 5.53. The number of rotatable bonds is 4. The fourth-order valence-electron chi connectivity index (χ4n) is 1.64. The Labute approximate surface area is 107 Å². The largest absolute Gasteiger partial charge is 0.378 e. The first kappa shape index (κ1) is 9.29. The third-order valence-electron chi connectivity index (χ3n) is 2.68. The van der Waals surface area contributed by atoms with E-state index in [1.807, 2.05) is 73.6 Å². The Balaban J connectivity index is 2.17. The van der Waals surface area contributed by atoms with Crippen molar-refractivity contribution in [2.24, 2.45) is 0 Å². The monoisotopic (exact) mass is 227 g/mol. The molecule has 0 N–H and O–H groups in total. The van der Waals surface area contributed by atoms with Crippen molar-refractivity contribution in [1.82, 2.24) is 0 Å². The molecule has 2 atom stereocenters. The van der Waals surface area contributed by atoms with Crippen molar-refractivity contribution >= 4 is 5.69 Å². The zero-order valence-corrected chi connectivity index (χ0v) is 10.3. The molecule has 88 valence electrons. The fraction of sp³-hybridized carbons (Fsp3) is 0.250. The average Bonchev–Trinajstić information content (AvgIpc) is 2.46. The number of aryl methyl sites for hydroxylation is 2. The van der Waals surface area contributed by atoms with E-state index in [2.05, 4.69) is 0 Å². The summed E-state index contributed by atoms with van der Waals surface area (Å²) in [6, 6.07) is 17.5. The van der Waals surface area contributed by atoms with E-state index < -0.39 is 12.8 Å². The molecule has 0 spiro atoms. The van der Waals surface area contributed by atoms with Crippen LogP contribution < -0.4 is 4.90 Å². The van der Waals surface area contributed by atoms with Crippen LogP contribution in [0.3, 0.4) is 0 Å². The minimum atomic E-state index is -0.557. The summed E-state index contributed by atoms with van der Waals surface area (Å²) in [5.74, 6) is 0. The molecule has 0 aliphatic rings. The predicted molar refractivity (Wildman–Crippen MR) is 74.6 cm³/mol. The maximum Gasteiger partial charge on any atom is 0.0361 e. The third-order valence-corrected chi connectivity index (χ3v) is 2.68. The summed E-state index contributed by atoms with van der Waals surface area (Å²) >= 11 is 0. The van der Waals surface area contributed by atoms with Gasteiger partial charge >= 0.3 is 0 Å². The molecule has 0 fully saturated rings. The number of hydrogen-bond donors (Lipinski definition) is 0. The molecule has 2 aromatic carbocycles. The smallest absolute Gasteiger partial charge is 0.0361 e. The quantitative estimate of drug-likeness (QED) is 0.772. The van der Waals surface area contributed by atoms with E-state index in [9.17, 15) is 0 Å². The van der Waals surface area contributed by atoms with Gasteiger partial charge in [-0.2, -0.15) is 0 Å². The number of anilines is 1. The minimum absolute atomic E-state index is 0.550. The predicted octanol–water partition coefficient (Wildman–Crippen LogP) is 3.54. The second-order valence-corrected chi connectivity index (χ2v) is 4.23. The lowest BCUT2D eigenvalue weighted by molar-refractivity contribution is 0.959. The van der Waals surface area contributed by atoms with Crippen LogP contribution in [0.1, 0.15) is 13.9 Å². The molecule has 2 unspecified atom stereocenters. The van der Waals surface area contributed by atoms with E-state index in [1.165, 1.54) is 0 Å². The maximum atomic E-state index is 8.23. The Morgan fingerprint density at radius 1 is 0.824 bits per heavy atom. The molecule has 0 aliphatic carbocycles. The van der Waals surface area contributed by atoms with Crippen molar-refractivity contribution in [1.29, 1.82) is 0 Å². The summed E-state index contributed by atoms with van der Waals surface area (Å²) in [7, 11) is 3.98. The summed E-state index contributed by atoms with van der Waals surface area (Å²) < 4.78 is 16.4. The molecule has 0 saturated carbocycles. The van der Waals surface area contributed by atoms with Crippen molar-refractivity contribution in [3.63, 3.8) is 0 Å². The highest BCUT2D eigenvalue weighted by molar-refractivity contribution is 5.46. The Kier molecular flexibility index (Phi) is 3.02. The van der Waals surface area contributed by atoms with Crippen LogP contribution in [0.2, 0.25) is 0 Å². The zero-order valence-electron chi connectivity index (χ0n) is 12.3. The van der Waals surface area contributed by atoms with Crippen molar-refractivity contribution in [2.45, 2.75) is 12.8 Å². The first-order valence-electron chi connectivity index (χ1n) is 6.92. The summed E-state index contributed by atoms with van der Waals surface area (Å²) in [4.78, 5) is 2.03. The van der Waals surface area contributed by atoms with Crippen LogP contribution in [-0.4, -0.2) is 14.1 Å². The lowest BCUT2D eigenvalue weighted by Gasteiger charge is -2.12. The van der Waals surface area contributed by atoms with Gasteiger partial charge in [0.15, 0.2) is 0 Å². The van der Waals surface area contributed by atoms with Crippen LogP contribution in [-0.2, 0) is 12.8 Å². The van der Waals surface area contributed by atoms with E-state index in [1.54, 1.807) is 0 Å². The van der Waals surface area contributed by atoms with Crippen LogP contribution in [0.4, 0.5) is 5.69 Å². The highest BCUT2D eigenvalue weighted by Crippen LogP contribution is 2.14. The second-order valence-electron chi connectivity index (χ2n) is 4.23. The van der Waals surface area contributed by atoms with E-state index in [-0.39, 0.29) is 0 Å². The van der Waals surface area contributed by atoms with Gasteiger partial charge < -0.3 is 4.90 Å². The summed E-state index contributed by atoms with van der Waals surface area (Å²) in [5.41, 5.74) is 2.88. The molecule has 2 rings (SSSR count). The van der Waals surface area contributed by atoms with Crippen LogP contribution in [0.15, 0.2) is 54.6 Å². The molecule has 0 saturated heterocycles. The van der Waals surface area contributed by atoms with E-state index >= 15 is 0 Å². The molecule has 0 amide bonds. The average molecular weight is 227 g/mol. The molecule has 1 nitrogen and oxygen atoms in total. The minimum Gasteiger partial charge on any atom is -0.378 e. The van der Waals surface area contributed by atoms with Gasteiger partial charge in [-0.05, 0) is 36.1 Å². The van der Waals surface area contributed by atoms with Gasteiger partial charge in [0.05, 0.1) is 0 Å². The standard InChI is InChI=1S/C16H19N/c1-17(2)16-12-10-15(11-13-16)9-8-14-6-4-3-5-7-14/h3-7,10-13H,8-9H2,1-2H3/i8D,9D. The molecular weight excluding hydrogens is 206 g/mol. The third kappa shape index (κ3) is 3.35. The van der Waals surface area contributed by atoms with Crippen LogP contribution >= 0.6 is 0 Å². The number of nitrogens with zero attached hydrogens (tertiary/aromatic N) is 1. The van der Waals surface area contributed by atoms with Gasteiger partial charge in [-0.15, -0.1) is 0 Å². The van der Waals surface area contributed by atoms with E-state index in [0.717, 1.165) is 16.8 Å². The summed E-state index contributed by atoms with van der Waals surface area (Å²) in [6.07, 6.45) is -1.11. The number of benzene rings is 2. The van der Waals surface area contributed by atoms with Crippen molar-refractivity contribution < 1.29 is 2.74 Å². The molecule has 0 aliphatic heterocycles. The van der Waals surface area contributed by atoms with Gasteiger partial charge in [0.1, 0.15) is 0 Å². The van der Waals surface area contributed by atoms with Gasteiger partial charge in [-0.1, -0.05) is 42.5 Å². The van der Waals surface area contributed by atoms with Crippen molar-refractivity contribution in [3.8, 4) is 0 Å². The van der Waals surface area contributed by atoms with Crippen LogP contribution in [0.25, 0.3) is 0 Å². The maximum absolute atomic E-state index is 8.23. The molecule has 2 aromatic rings. The Hall–Kier alpha value is -1.76. The van der Waals surface area contributed by atoms with Gasteiger partial charge in [-0.25, -0.2) is 0 Å². The van der Waals surface area contributed by atoms with Gasteiger partial charge in [0.25, 0.3) is 0 Å². The first-order chi connectivity index (χ1) is 9.09. The van der Waals surface area contributed by atoms with Gasteiger partial charge in [0.2, 0.25) is 0 Å². The molecule has 1 heteroatoms. The Morgan fingerprint density at radius 2 is 1.35 bits per heavy atom. The highest BCUT2D eigenvalue weighted by atomic mass is 15.1. The van der Waals surface area contributed by atoms with E-state index in [4.69, 9.17) is 2.74 Å². The normalized spacial score (nSPS) is 15.6. The Morgan fingerprint density at radius 3 is 1.88 bits per heavy atom. The lowest BCUT2D eigenvalue weighted by Crippen LogP contribution is -2.08. The summed E-state index contributed by atoms with van der Waals surface area (Å²) in [5, 5.41) is 0. The van der Waals surface area contributed by atoms with Crippen LogP contribution in [0, 0.1) is 0 Å². The molecular formula is C16H19N. The topological polar surface area (TPSA) is 3.24 Å². The van der Waals surface area contributed by atoms with Crippen molar-refractivity contribution in [2.75, 3.05) is 19.0 Å². The molecule has 0 bridgehead atoms. The molecule has 0 heterocycles.